The van der Waals surface area contributed by atoms with Gasteiger partial charge in [0.25, 0.3) is 0 Å². The predicted molar refractivity (Wildman–Crippen MR) is 61.0 cm³/mol. The molecule has 1 aliphatic rings. The molecule has 0 aromatic carbocycles. The molecule has 0 bridgehead atoms. The number of hydrogen-bond acceptors (Lipinski definition) is 4. The van der Waals surface area contributed by atoms with E-state index in [0.29, 0.717) is 17.0 Å². The molecule has 1 unspecified atom stereocenters. The van der Waals surface area contributed by atoms with E-state index in [4.69, 9.17) is 10.9 Å². The molecule has 4 nitrogen and oxygen atoms in total. The van der Waals surface area contributed by atoms with Gasteiger partial charge in [-0.3, -0.25) is 0 Å². The smallest absolute Gasteiger partial charge is 0.140 e. The molecule has 14 heavy (non-hydrogen) atoms. The highest BCUT2D eigenvalue weighted by molar-refractivity contribution is 8.00. The van der Waals surface area contributed by atoms with Gasteiger partial charge in [-0.15, -0.1) is 0 Å². The molecule has 1 rings (SSSR count). The van der Waals surface area contributed by atoms with Gasteiger partial charge in [-0.2, -0.15) is 11.8 Å². The Morgan fingerprint density at radius 3 is 2.79 bits per heavy atom. The third-order valence-electron chi connectivity index (χ3n) is 2.66. The number of hydrogen-bond donors (Lipinski definition) is 3. The van der Waals surface area contributed by atoms with Crippen LogP contribution in [-0.2, 0) is 0 Å². The second-order valence-corrected chi connectivity index (χ2v) is 5.24. The largest absolute Gasteiger partial charge is 0.409 e. The van der Waals surface area contributed by atoms with Crippen molar-refractivity contribution >= 4 is 17.6 Å². The van der Waals surface area contributed by atoms with Gasteiger partial charge in [0.2, 0.25) is 0 Å². The number of nitrogens with two attached hydrogens (primary N) is 1. The highest BCUT2D eigenvalue weighted by Gasteiger charge is 2.41. The zero-order valence-corrected chi connectivity index (χ0v) is 9.60. The Morgan fingerprint density at radius 1 is 1.71 bits per heavy atom. The van der Waals surface area contributed by atoms with Crippen molar-refractivity contribution in [1.82, 2.24) is 5.32 Å². The van der Waals surface area contributed by atoms with E-state index < -0.39 is 0 Å². The fourth-order valence-corrected chi connectivity index (χ4v) is 2.12. The lowest BCUT2D eigenvalue weighted by Crippen LogP contribution is -2.36. The van der Waals surface area contributed by atoms with E-state index in [9.17, 15) is 0 Å². The molecule has 4 N–H and O–H groups in total. The summed E-state index contributed by atoms with van der Waals surface area (Å²) >= 11 is 1.93. The van der Waals surface area contributed by atoms with Gasteiger partial charge in [-0.1, -0.05) is 5.16 Å². The summed E-state index contributed by atoms with van der Waals surface area (Å²) in [6.07, 6.45) is 5.36. The SMILES string of the molecule is CSC1(CNC(C)CC(N)=NO)CC1. The van der Waals surface area contributed by atoms with E-state index in [-0.39, 0.29) is 6.04 Å². The van der Waals surface area contributed by atoms with Crippen LogP contribution in [0.3, 0.4) is 0 Å². The minimum absolute atomic E-state index is 0.274. The van der Waals surface area contributed by atoms with Gasteiger partial charge in [0.05, 0.1) is 0 Å². The molecule has 0 saturated heterocycles. The van der Waals surface area contributed by atoms with Crippen molar-refractivity contribution in [2.45, 2.75) is 37.0 Å². The number of nitrogens with one attached hydrogen (secondary N) is 1. The first-order chi connectivity index (χ1) is 6.62. The summed E-state index contributed by atoms with van der Waals surface area (Å²) in [7, 11) is 0. The van der Waals surface area contributed by atoms with Crippen LogP contribution in [0.5, 0.6) is 0 Å². The van der Waals surface area contributed by atoms with Crippen molar-refractivity contribution in [1.29, 1.82) is 0 Å². The van der Waals surface area contributed by atoms with Crippen LogP contribution in [0.25, 0.3) is 0 Å². The van der Waals surface area contributed by atoms with Crippen molar-refractivity contribution in [3.63, 3.8) is 0 Å². The first kappa shape index (κ1) is 11.7. The van der Waals surface area contributed by atoms with Crippen molar-refractivity contribution in [2.75, 3.05) is 12.8 Å². The lowest BCUT2D eigenvalue weighted by molar-refractivity contribution is 0.316. The molecule has 1 atom stereocenters. The lowest BCUT2D eigenvalue weighted by atomic mass is 10.2. The maximum Gasteiger partial charge on any atom is 0.140 e. The average molecular weight is 217 g/mol. The number of nitrogens with zero attached hydrogens (tertiary/aromatic N) is 1. The van der Waals surface area contributed by atoms with Gasteiger partial charge in [-0.05, 0) is 26.0 Å². The van der Waals surface area contributed by atoms with Crippen LogP contribution in [-0.4, -0.2) is 34.6 Å². The quantitative estimate of drug-likeness (QED) is 0.269. The maximum absolute atomic E-state index is 8.40. The van der Waals surface area contributed by atoms with Crippen molar-refractivity contribution < 1.29 is 5.21 Å². The fourth-order valence-electron chi connectivity index (χ4n) is 1.38. The summed E-state index contributed by atoms with van der Waals surface area (Å²) in [5.74, 6) is 0.291. The number of amidine groups is 1. The van der Waals surface area contributed by atoms with Gasteiger partial charge >= 0.3 is 0 Å². The second-order valence-electron chi connectivity index (χ2n) is 3.96. The maximum atomic E-state index is 8.40. The predicted octanol–water partition coefficient (Wildman–Crippen LogP) is 0.997. The molecule has 0 amide bonds. The summed E-state index contributed by atoms with van der Waals surface area (Å²) < 4.78 is 0.472. The van der Waals surface area contributed by atoms with Crippen molar-refractivity contribution in [2.24, 2.45) is 10.9 Å². The normalized spacial score (nSPS) is 22.0. The molecule has 1 fully saturated rings. The lowest BCUT2D eigenvalue weighted by Gasteiger charge is -2.17. The van der Waals surface area contributed by atoms with Crippen LogP contribution in [0.4, 0.5) is 0 Å². The molecule has 0 spiro atoms. The van der Waals surface area contributed by atoms with Gasteiger partial charge in [0.1, 0.15) is 5.84 Å². The van der Waals surface area contributed by atoms with E-state index >= 15 is 0 Å². The minimum atomic E-state index is 0.274. The zero-order chi connectivity index (χ0) is 10.6. The van der Waals surface area contributed by atoms with E-state index in [1.54, 1.807) is 0 Å². The Bertz CT molecular complexity index is 216. The summed E-state index contributed by atoms with van der Waals surface area (Å²) in [5, 5.41) is 14.8. The van der Waals surface area contributed by atoms with E-state index in [2.05, 4.69) is 23.7 Å². The van der Waals surface area contributed by atoms with Gasteiger partial charge in [0, 0.05) is 23.8 Å². The van der Waals surface area contributed by atoms with E-state index in [0.717, 1.165) is 6.54 Å². The van der Waals surface area contributed by atoms with Crippen LogP contribution in [0.1, 0.15) is 26.2 Å². The molecule has 0 aliphatic heterocycles. The molecule has 5 heteroatoms. The topological polar surface area (TPSA) is 70.6 Å². The molecular weight excluding hydrogens is 198 g/mol. The van der Waals surface area contributed by atoms with Gasteiger partial charge in [0.15, 0.2) is 0 Å². The molecule has 1 aliphatic carbocycles. The van der Waals surface area contributed by atoms with Crippen LogP contribution in [0, 0.1) is 0 Å². The molecular formula is C9H19N3OS. The summed E-state index contributed by atoms with van der Waals surface area (Å²) in [6.45, 7) is 3.07. The monoisotopic (exact) mass is 217 g/mol. The standard InChI is InChI=1S/C9H19N3OS/c1-7(5-8(10)12-13)11-6-9(14-2)3-4-9/h7,11,13H,3-6H2,1-2H3,(H2,10,12). The summed E-state index contributed by atoms with van der Waals surface area (Å²) in [6, 6.07) is 0.274. The fraction of sp³-hybridized carbons (Fsp3) is 0.889. The van der Waals surface area contributed by atoms with Crippen LogP contribution < -0.4 is 11.1 Å². The molecule has 0 aromatic rings. The van der Waals surface area contributed by atoms with Gasteiger partial charge in [-0.25, -0.2) is 0 Å². The van der Waals surface area contributed by atoms with Crippen molar-refractivity contribution in [3.05, 3.63) is 0 Å². The minimum Gasteiger partial charge on any atom is -0.409 e. The number of oxime groups is 1. The Balaban J connectivity index is 2.18. The number of rotatable bonds is 6. The number of thioether (sulfide) groups is 1. The van der Waals surface area contributed by atoms with E-state index in [1.165, 1.54) is 12.8 Å². The second kappa shape index (κ2) is 4.89. The first-order valence-corrected chi connectivity index (χ1v) is 6.09. The Hall–Kier alpha value is -0.420. The van der Waals surface area contributed by atoms with Gasteiger partial charge < -0.3 is 16.3 Å². The highest BCUT2D eigenvalue weighted by atomic mass is 32.2. The molecule has 82 valence electrons. The Labute approximate surface area is 89.3 Å². The Morgan fingerprint density at radius 2 is 2.36 bits per heavy atom. The van der Waals surface area contributed by atoms with Crippen LogP contribution >= 0.6 is 11.8 Å². The molecule has 0 radical (unpaired) electrons. The molecule has 0 aromatic heterocycles. The van der Waals surface area contributed by atoms with Crippen molar-refractivity contribution in [3.8, 4) is 0 Å². The third kappa shape index (κ3) is 3.38. The zero-order valence-electron chi connectivity index (χ0n) is 8.79. The summed E-state index contributed by atoms with van der Waals surface area (Å²) in [4.78, 5) is 0. The van der Waals surface area contributed by atoms with Crippen LogP contribution in [0.2, 0.25) is 0 Å². The first-order valence-electron chi connectivity index (χ1n) is 4.87. The molecule has 0 heterocycles. The summed E-state index contributed by atoms with van der Waals surface area (Å²) in [5.41, 5.74) is 5.42. The highest BCUT2D eigenvalue weighted by Crippen LogP contribution is 2.46. The molecule has 1 saturated carbocycles. The third-order valence-corrected chi connectivity index (χ3v) is 4.08. The van der Waals surface area contributed by atoms with E-state index in [1.807, 2.05) is 11.8 Å². The average Bonchev–Trinajstić information content (AvgIpc) is 2.95. The van der Waals surface area contributed by atoms with Crippen LogP contribution in [0.15, 0.2) is 5.16 Å². The Kier molecular flexibility index (Phi) is 4.07.